The van der Waals surface area contributed by atoms with Crippen LogP contribution in [0.3, 0.4) is 0 Å². The van der Waals surface area contributed by atoms with E-state index in [0.29, 0.717) is 0 Å². The third-order valence-electron chi connectivity index (χ3n) is 8.51. The summed E-state index contributed by atoms with van der Waals surface area (Å²) in [7, 11) is 0. The van der Waals surface area contributed by atoms with Crippen molar-refractivity contribution in [3.05, 3.63) is 121 Å². The molecule has 41 heavy (non-hydrogen) atoms. The number of hydrogen-bond acceptors (Lipinski definition) is 3. The second-order valence-corrected chi connectivity index (χ2v) is 11.7. The van der Waals surface area contributed by atoms with Gasteiger partial charge in [-0.2, -0.15) is 0 Å². The van der Waals surface area contributed by atoms with E-state index >= 15 is 0 Å². The van der Waals surface area contributed by atoms with Crippen LogP contribution in [0.1, 0.15) is 0 Å². The van der Waals surface area contributed by atoms with E-state index < -0.39 is 0 Å². The van der Waals surface area contributed by atoms with Crippen molar-refractivity contribution in [1.82, 2.24) is 18.9 Å². The lowest BCUT2D eigenvalue weighted by molar-refractivity contribution is 1.19. The quantitative estimate of drug-likeness (QED) is 0.194. The third-order valence-corrected chi connectivity index (χ3v) is 9.65. The molecule has 0 unspecified atom stereocenters. The van der Waals surface area contributed by atoms with E-state index in [9.17, 15) is 0 Å². The highest BCUT2D eigenvalue weighted by Crippen LogP contribution is 2.44. The number of rotatable bonds is 1. The predicted molar refractivity (Wildman–Crippen MR) is 173 cm³/mol. The summed E-state index contributed by atoms with van der Waals surface area (Å²) >= 11 is 1.86. The highest BCUT2D eigenvalue weighted by atomic mass is 32.1. The van der Waals surface area contributed by atoms with E-state index in [1.807, 2.05) is 23.6 Å². The molecule has 0 atom stereocenters. The molecular formula is C36H20N4S. The van der Waals surface area contributed by atoms with Gasteiger partial charge in [0.1, 0.15) is 11.3 Å². The van der Waals surface area contributed by atoms with E-state index in [2.05, 4.69) is 118 Å². The first-order chi connectivity index (χ1) is 20.3. The molecule has 0 bridgehead atoms. The number of aromatic nitrogens is 4. The fourth-order valence-corrected chi connectivity index (χ4v) is 7.93. The number of nitrogens with zero attached hydrogens (tertiary/aromatic N) is 4. The van der Waals surface area contributed by atoms with Gasteiger partial charge >= 0.3 is 0 Å². The van der Waals surface area contributed by atoms with Crippen molar-refractivity contribution in [3.8, 4) is 5.69 Å². The number of pyridine rings is 2. The Kier molecular flexibility index (Phi) is 4.04. The Morgan fingerprint density at radius 1 is 0.537 bits per heavy atom. The Labute approximate surface area is 237 Å². The van der Waals surface area contributed by atoms with Crippen LogP contribution in [-0.4, -0.2) is 18.9 Å². The molecule has 10 rings (SSSR count). The Bertz CT molecular complexity index is 2690. The second kappa shape index (κ2) is 7.68. The zero-order chi connectivity index (χ0) is 26.7. The smallest absolute Gasteiger partial charge is 0.147 e. The van der Waals surface area contributed by atoms with Crippen molar-refractivity contribution >= 4 is 91.8 Å². The van der Waals surface area contributed by atoms with Crippen LogP contribution >= 0.6 is 11.3 Å². The van der Waals surface area contributed by atoms with E-state index in [-0.39, 0.29) is 0 Å². The topological polar surface area (TPSA) is 35.1 Å². The van der Waals surface area contributed by atoms with Crippen LogP contribution in [0.15, 0.2) is 121 Å². The molecule has 0 radical (unpaired) electrons. The van der Waals surface area contributed by atoms with Crippen LogP contribution < -0.4 is 0 Å². The summed E-state index contributed by atoms with van der Waals surface area (Å²) in [5, 5.41) is 8.54. The van der Waals surface area contributed by atoms with Gasteiger partial charge in [-0.05, 0) is 66.0 Å². The van der Waals surface area contributed by atoms with Gasteiger partial charge in [0.25, 0.3) is 0 Å². The standard InChI is InChI=1S/C36H20N4S/c1-2-9-21(10-3-1)39-30-20-27-25(23-12-8-18-37-35(23)40-29-14-6-5-13-28(29)38-36(27)40)19-26(30)22-16-17-32-33(34(22)39)24-11-4-7-15-31(24)41-32/h1-20H. The highest BCUT2D eigenvalue weighted by molar-refractivity contribution is 7.26. The number of imidazole rings is 1. The van der Waals surface area contributed by atoms with Gasteiger partial charge in [0.05, 0.1) is 22.1 Å². The maximum absolute atomic E-state index is 5.15. The SMILES string of the molecule is c1ccc(-n2c3cc4c(cc3c3ccc5sc6ccccc6c5c32)c2cccnc2n2c3ccccc3nc42)cc1. The second-order valence-electron chi connectivity index (χ2n) is 10.7. The Morgan fingerprint density at radius 2 is 1.37 bits per heavy atom. The van der Waals surface area contributed by atoms with Crippen molar-refractivity contribution in [2.45, 2.75) is 0 Å². The maximum atomic E-state index is 5.15. The fraction of sp³-hybridized carbons (Fsp3) is 0. The minimum atomic E-state index is 0.932. The minimum absolute atomic E-state index is 0.932. The molecule has 4 nitrogen and oxygen atoms in total. The molecular weight excluding hydrogens is 520 g/mol. The highest BCUT2D eigenvalue weighted by Gasteiger charge is 2.21. The number of para-hydroxylation sites is 3. The van der Waals surface area contributed by atoms with Gasteiger partial charge < -0.3 is 4.57 Å². The molecule has 0 aliphatic heterocycles. The fourth-order valence-electron chi connectivity index (χ4n) is 6.82. The Hall–Kier alpha value is -5.26. The molecule has 5 heterocycles. The van der Waals surface area contributed by atoms with Gasteiger partial charge in [-0.3, -0.25) is 4.40 Å². The number of fused-ring (bicyclic) bond motifs is 15. The van der Waals surface area contributed by atoms with Gasteiger partial charge in [0.2, 0.25) is 0 Å². The molecule has 5 aromatic heterocycles. The first-order valence-corrected chi connectivity index (χ1v) is 14.6. The summed E-state index contributed by atoms with van der Waals surface area (Å²) in [5.41, 5.74) is 7.50. The lowest BCUT2D eigenvalue weighted by atomic mass is 10.0. The minimum Gasteiger partial charge on any atom is -0.309 e. The van der Waals surface area contributed by atoms with Gasteiger partial charge in [-0.25, -0.2) is 9.97 Å². The molecule has 5 heteroatoms. The summed E-state index contributed by atoms with van der Waals surface area (Å²) in [5.74, 6) is 0. The number of benzene rings is 5. The van der Waals surface area contributed by atoms with Crippen LogP contribution in [0.5, 0.6) is 0 Å². The number of hydrogen-bond donors (Lipinski definition) is 0. The summed E-state index contributed by atoms with van der Waals surface area (Å²) in [6, 6.07) is 41.4. The predicted octanol–water partition coefficient (Wildman–Crippen LogP) is 9.65. The van der Waals surface area contributed by atoms with Crippen LogP contribution in [0.4, 0.5) is 0 Å². The molecule has 190 valence electrons. The molecule has 0 saturated carbocycles. The lowest BCUT2D eigenvalue weighted by Crippen LogP contribution is -1.96. The van der Waals surface area contributed by atoms with Gasteiger partial charge in [0, 0.05) is 53.6 Å². The molecule has 10 aromatic rings. The molecule has 0 spiro atoms. The van der Waals surface area contributed by atoms with Crippen LogP contribution in [-0.2, 0) is 0 Å². The summed E-state index contributed by atoms with van der Waals surface area (Å²) in [4.78, 5) is 10.0. The summed E-state index contributed by atoms with van der Waals surface area (Å²) in [6.07, 6.45) is 1.88. The Balaban J connectivity index is 1.51. The van der Waals surface area contributed by atoms with E-state index in [1.54, 1.807) is 0 Å². The molecule has 0 aliphatic rings. The van der Waals surface area contributed by atoms with Crippen molar-refractivity contribution in [3.63, 3.8) is 0 Å². The van der Waals surface area contributed by atoms with E-state index in [1.165, 1.54) is 47.4 Å². The van der Waals surface area contributed by atoms with Gasteiger partial charge in [-0.1, -0.05) is 54.6 Å². The molecule has 0 saturated heterocycles. The molecule has 5 aromatic carbocycles. The van der Waals surface area contributed by atoms with Crippen LogP contribution in [0.2, 0.25) is 0 Å². The first-order valence-electron chi connectivity index (χ1n) is 13.8. The van der Waals surface area contributed by atoms with E-state index in [0.717, 1.165) is 38.8 Å². The largest absolute Gasteiger partial charge is 0.309 e. The van der Waals surface area contributed by atoms with Crippen molar-refractivity contribution < 1.29 is 0 Å². The molecule has 0 N–H and O–H groups in total. The molecule has 0 aliphatic carbocycles. The summed E-state index contributed by atoms with van der Waals surface area (Å²) in [6.45, 7) is 0. The monoisotopic (exact) mass is 540 g/mol. The number of thiophene rings is 1. The molecule has 0 amide bonds. The van der Waals surface area contributed by atoms with Gasteiger partial charge in [-0.15, -0.1) is 11.3 Å². The first kappa shape index (κ1) is 21.5. The van der Waals surface area contributed by atoms with Crippen molar-refractivity contribution in [1.29, 1.82) is 0 Å². The molecule has 0 fully saturated rings. The zero-order valence-electron chi connectivity index (χ0n) is 21.7. The average molecular weight is 541 g/mol. The lowest BCUT2D eigenvalue weighted by Gasteiger charge is -2.11. The van der Waals surface area contributed by atoms with Crippen LogP contribution in [0, 0.1) is 0 Å². The zero-order valence-corrected chi connectivity index (χ0v) is 22.6. The normalized spacial score (nSPS) is 12.4. The van der Waals surface area contributed by atoms with Crippen molar-refractivity contribution in [2.24, 2.45) is 0 Å². The average Bonchev–Trinajstić information content (AvgIpc) is 3.70. The Morgan fingerprint density at radius 3 is 2.32 bits per heavy atom. The van der Waals surface area contributed by atoms with E-state index in [4.69, 9.17) is 9.97 Å². The van der Waals surface area contributed by atoms with Gasteiger partial charge in [0.15, 0.2) is 0 Å². The van der Waals surface area contributed by atoms with Crippen molar-refractivity contribution in [2.75, 3.05) is 0 Å². The van der Waals surface area contributed by atoms with Crippen LogP contribution in [0.25, 0.3) is 86.2 Å². The maximum Gasteiger partial charge on any atom is 0.147 e. The summed E-state index contributed by atoms with van der Waals surface area (Å²) < 4.78 is 7.30. The third kappa shape index (κ3) is 2.73.